The maximum atomic E-state index is 11.2. The van der Waals surface area contributed by atoms with Crippen molar-refractivity contribution in [1.82, 2.24) is 9.97 Å². The summed E-state index contributed by atoms with van der Waals surface area (Å²) in [7, 11) is 0. The van der Waals surface area contributed by atoms with Crippen LogP contribution in [0.25, 0.3) is 11.0 Å². The van der Waals surface area contributed by atoms with Crippen LogP contribution in [0.4, 0.5) is 0 Å². The maximum absolute atomic E-state index is 11.2. The largest absolute Gasteiger partial charge is 0.384 e. The van der Waals surface area contributed by atoms with E-state index in [2.05, 4.69) is 9.97 Å². The quantitative estimate of drug-likeness (QED) is 0.679. The van der Waals surface area contributed by atoms with E-state index in [9.17, 15) is 9.90 Å². The predicted octanol–water partition coefficient (Wildman–Crippen LogP) is 2.90. The predicted molar refractivity (Wildman–Crippen MR) is 79.2 cm³/mol. The Morgan fingerprint density at radius 1 is 1.10 bits per heavy atom. The third-order valence-electron chi connectivity index (χ3n) is 3.39. The molecule has 3 rings (SSSR count). The number of aliphatic hydroxyl groups is 1. The van der Waals surface area contributed by atoms with Crippen LogP contribution in [0.5, 0.6) is 0 Å². The lowest BCUT2D eigenvalue weighted by Gasteiger charge is -2.14. The lowest BCUT2D eigenvalue weighted by Crippen LogP contribution is -2.02. The second-order valence-electron chi connectivity index (χ2n) is 4.79. The number of fused-ring (bicyclic) bond motifs is 1. The van der Waals surface area contributed by atoms with Crippen LogP contribution in [0.3, 0.4) is 0 Å². The van der Waals surface area contributed by atoms with Crippen LogP contribution in [0, 0.1) is 6.92 Å². The van der Waals surface area contributed by atoms with Crippen molar-refractivity contribution in [3.05, 3.63) is 68.6 Å². The van der Waals surface area contributed by atoms with Crippen LogP contribution in [0.2, 0.25) is 5.02 Å². The van der Waals surface area contributed by atoms with Gasteiger partial charge < -0.3 is 15.1 Å². The van der Waals surface area contributed by atoms with E-state index in [1.807, 2.05) is 13.0 Å². The SMILES string of the molecule is Cc1ccc(Cl)cc1C(O)c1ccc2[nH]c(=O)[nH]c2c1. The molecule has 1 unspecified atom stereocenters. The molecule has 1 aromatic heterocycles. The van der Waals surface area contributed by atoms with Gasteiger partial charge in [-0.3, -0.25) is 0 Å². The van der Waals surface area contributed by atoms with Gasteiger partial charge in [0.1, 0.15) is 6.10 Å². The average molecular weight is 289 g/mol. The van der Waals surface area contributed by atoms with Crippen LogP contribution in [-0.4, -0.2) is 15.1 Å². The lowest BCUT2D eigenvalue weighted by atomic mass is 9.97. The summed E-state index contributed by atoms with van der Waals surface area (Å²) in [6, 6.07) is 10.7. The van der Waals surface area contributed by atoms with Gasteiger partial charge in [0.2, 0.25) is 0 Å². The summed E-state index contributed by atoms with van der Waals surface area (Å²) in [4.78, 5) is 16.6. The van der Waals surface area contributed by atoms with Crippen LogP contribution in [0.1, 0.15) is 22.8 Å². The third kappa shape index (κ3) is 2.24. The number of H-pyrrole nitrogens is 2. The molecule has 0 saturated heterocycles. The topological polar surface area (TPSA) is 68.9 Å². The van der Waals surface area contributed by atoms with Gasteiger partial charge in [0, 0.05) is 5.02 Å². The minimum Gasteiger partial charge on any atom is -0.384 e. The fraction of sp³-hybridized carbons (Fsp3) is 0.133. The van der Waals surface area contributed by atoms with Crippen molar-refractivity contribution in [1.29, 1.82) is 0 Å². The van der Waals surface area contributed by atoms with Gasteiger partial charge in [-0.15, -0.1) is 0 Å². The molecule has 4 nitrogen and oxygen atoms in total. The molecule has 0 aliphatic heterocycles. The van der Waals surface area contributed by atoms with Crippen LogP contribution in [-0.2, 0) is 0 Å². The van der Waals surface area contributed by atoms with Crippen molar-refractivity contribution in [3.8, 4) is 0 Å². The molecule has 1 atom stereocenters. The number of nitrogens with one attached hydrogen (secondary N) is 2. The molecule has 0 fully saturated rings. The van der Waals surface area contributed by atoms with Crippen molar-refractivity contribution >= 4 is 22.6 Å². The molecule has 0 aliphatic rings. The highest BCUT2D eigenvalue weighted by Crippen LogP contribution is 2.28. The Morgan fingerprint density at radius 3 is 2.65 bits per heavy atom. The van der Waals surface area contributed by atoms with E-state index in [1.165, 1.54) is 0 Å². The Labute approximate surface area is 120 Å². The molecule has 0 saturated carbocycles. The van der Waals surface area contributed by atoms with Gasteiger partial charge in [-0.05, 0) is 47.9 Å². The van der Waals surface area contributed by atoms with Crippen molar-refractivity contribution in [2.24, 2.45) is 0 Å². The monoisotopic (exact) mass is 288 g/mol. The molecule has 0 spiro atoms. The molecular formula is C15H13ClN2O2. The smallest absolute Gasteiger partial charge is 0.323 e. The van der Waals surface area contributed by atoms with Crippen LogP contribution >= 0.6 is 11.6 Å². The molecular weight excluding hydrogens is 276 g/mol. The van der Waals surface area contributed by atoms with E-state index in [-0.39, 0.29) is 5.69 Å². The molecule has 0 aliphatic carbocycles. The Bertz CT molecular complexity index is 835. The normalized spacial score (nSPS) is 12.8. The number of benzene rings is 2. The summed E-state index contributed by atoms with van der Waals surface area (Å²) >= 11 is 5.98. The van der Waals surface area contributed by atoms with Crippen molar-refractivity contribution in [2.45, 2.75) is 13.0 Å². The molecule has 0 amide bonds. The van der Waals surface area contributed by atoms with E-state index in [0.29, 0.717) is 21.6 Å². The molecule has 3 aromatic rings. The third-order valence-corrected chi connectivity index (χ3v) is 3.63. The summed E-state index contributed by atoms with van der Waals surface area (Å²) in [6.45, 7) is 1.92. The molecule has 2 aromatic carbocycles. The van der Waals surface area contributed by atoms with Gasteiger partial charge in [-0.2, -0.15) is 0 Å². The van der Waals surface area contributed by atoms with E-state index < -0.39 is 6.10 Å². The van der Waals surface area contributed by atoms with E-state index in [1.54, 1.807) is 30.3 Å². The second kappa shape index (κ2) is 4.81. The van der Waals surface area contributed by atoms with Crippen molar-refractivity contribution < 1.29 is 5.11 Å². The van der Waals surface area contributed by atoms with E-state index in [0.717, 1.165) is 11.1 Å². The summed E-state index contributed by atoms with van der Waals surface area (Å²) in [5.74, 6) is 0. The average Bonchev–Trinajstić information content (AvgIpc) is 2.79. The fourth-order valence-electron chi connectivity index (χ4n) is 2.31. The number of aromatic nitrogens is 2. The highest BCUT2D eigenvalue weighted by molar-refractivity contribution is 6.30. The highest BCUT2D eigenvalue weighted by atomic mass is 35.5. The van der Waals surface area contributed by atoms with E-state index >= 15 is 0 Å². The van der Waals surface area contributed by atoms with Gasteiger partial charge in [0.15, 0.2) is 0 Å². The number of hydrogen-bond donors (Lipinski definition) is 3. The number of imidazole rings is 1. The number of aromatic amines is 2. The van der Waals surface area contributed by atoms with Crippen molar-refractivity contribution in [2.75, 3.05) is 0 Å². The second-order valence-corrected chi connectivity index (χ2v) is 5.22. The number of aryl methyl sites for hydroxylation is 1. The molecule has 102 valence electrons. The van der Waals surface area contributed by atoms with Gasteiger partial charge >= 0.3 is 5.69 Å². The zero-order chi connectivity index (χ0) is 14.3. The molecule has 3 N–H and O–H groups in total. The van der Waals surface area contributed by atoms with Gasteiger partial charge in [0.25, 0.3) is 0 Å². The van der Waals surface area contributed by atoms with Gasteiger partial charge in [0.05, 0.1) is 11.0 Å². The first kappa shape index (κ1) is 13.0. The zero-order valence-electron chi connectivity index (χ0n) is 10.8. The number of rotatable bonds is 2. The Hall–Kier alpha value is -2.04. The summed E-state index contributed by atoms with van der Waals surface area (Å²) in [5, 5.41) is 11.1. The fourth-order valence-corrected chi connectivity index (χ4v) is 2.49. The molecule has 0 bridgehead atoms. The van der Waals surface area contributed by atoms with Gasteiger partial charge in [-0.25, -0.2) is 4.79 Å². The Balaban J connectivity index is 2.09. The summed E-state index contributed by atoms with van der Waals surface area (Å²) in [5.41, 5.74) is 3.56. The summed E-state index contributed by atoms with van der Waals surface area (Å²) in [6.07, 6.45) is -0.781. The first-order valence-corrected chi connectivity index (χ1v) is 6.58. The molecule has 1 heterocycles. The zero-order valence-corrected chi connectivity index (χ0v) is 11.5. The molecule has 5 heteroatoms. The lowest BCUT2D eigenvalue weighted by molar-refractivity contribution is 0.219. The number of aliphatic hydroxyl groups excluding tert-OH is 1. The first-order valence-electron chi connectivity index (χ1n) is 6.20. The number of halogens is 1. The van der Waals surface area contributed by atoms with Crippen LogP contribution in [0.15, 0.2) is 41.2 Å². The minimum atomic E-state index is -0.781. The van der Waals surface area contributed by atoms with E-state index in [4.69, 9.17) is 11.6 Å². The Kier molecular flexibility index (Phi) is 3.12. The molecule has 20 heavy (non-hydrogen) atoms. The maximum Gasteiger partial charge on any atom is 0.323 e. The van der Waals surface area contributed by atoms with Crippen LogP contribution < -0.4 is 5.69 Å². The highest BCUT2D eigenvalue weighted by Gasteiger charge is 2.14. The first-order chi connectivity index (χ1) is 9.54. The van der Waals surface area contributed by atoms with Crippen molar-refractivity contribution in [3.63, 3.8) is 0 Å². The minimum absolute atomic E-state index is 0.259. The van der Waals surface area contributed by atoms with Gasteiger partial charge in [-0.1, -0.05) is 23.7 Å². The number of hydrogen-bond acceptors (Lipinski definition) is 2. The summed E-state index contributed by atoms with van der Waals surface area (Å²) < 4.78 is 0. The Morgan fingerprint density at radius 2 is 1.85 bits per heavy atom. The standard InChI is InChI=1S/C15H13ClN2O2/c1-8-2-4-10(16)7-11(8)14(19)9-3-5-12-13(6-9)18-15(20)17-12/h2-7,14,19H,1H3,(H2,17,18,20). The molecule has 0 radical (unpaired) electrons.